The Morgan fingerprint density at radius 1 is 0.833 bits per heavy atom. The van der Waals surface area contributed by atoms with Gasteiger partial charge in [-0.15, -0.1) is 0 Å². The van der Waals surface area contributed by atoms with Gasteiger partial charge in [-0.25, -0.2) is 9.56 Å². The van der Waals surface area contributed by atoms with Gasteiger partial charge < -0.3 is 14.4 Å². The average Bonchev–Trinajstić information content (AvgIpc) is 3.73. The molecule has 4 aromatic carbocycles. The lowest BCUT2D eigenvalue weighted by atomic mass is 10.1. The molecule has 4 aromatic heterocycles. The summed E-state index contributed by atoms with van der Waals surface area (Å²) in [6.07, 6.45) is 1.68. The zero-order valence-electron chi connectivity index (χ0n) is 22.2. The molecule has 0 amide bonds. The van der Waals surface area contributed by atoms with Crippen molar-refractivity contribution in [3.63, 3.8) is 0 Å². The summed E-state index contributed by atoms with van der Waals surface area (Å²) in [7, 11) is 0. The predicted octanol–water partition coefficient (Wildman–Crippen LogP) is 7.87. The van der Waals surface area contributed by atoms with Crippen LogP contribution in [0.2, 0.25) is 5.02 Å². The van der Waals surface area contributed by atoms with Crippen molar-refractivity contribution in [3.05, 3.63) is 117 Å². The van der Waals surface area contributed by atoms with Crippen LogP contribution in [0.5, 0.6) is 0 Å². The highest BCUT2D eigenvalue weighted by atomic mass is 35.5. The molecule has 0 fully saturated rings. The van der Waals surface area contributed by atoms with E-state index in [9.17, 15) is 4.79 Å². The van der Waals surface area contributed by atoms with Gasteiger partial charge in [-0.2, -0.15) is 0 Å². The number of benzene rings is 4. The maximum absolute atomic E-state index is 13.9. The topological polar surface area (TPSA) is 105 Å². The van der Waals surface area contributed by atoms with Crippen molar-refractivity contribution >= 4 is 67.4 Å². The summed E-state index contributed by atoms with van der Waals surface area (Å²) in [5.74, 6) is 0. The number of hydrogen-bond acceptors (Lipinski definition) is 5. The highest BCUT2D eigenvalue weighted by Gasteiger charge is 2.21. The number of aromatic nitrogens is 5. The smallest absolute Gasteiger partial charge is 0.343 e. The Labute approximate surface area is 242 Å². The van der Waals surface area contributed by atoms with Gasteiger partial charge in [0, 0.05) is 49.4 Å². The number of nitrogens with zero attached hydrogens (tertiary/aromatic N) is 4. The van der Waals surface area contributed by atoms with E-state index < -0.39 is 0 Å². The molecule has 0 bridgehead atoms. The van der Waals surface area contributed by atoms with Gasteiger partial charge in [0.15, 0.2) is 0 Å². The third-order valence-electron chi connectivity index (χ3n) is 7.54. The van der Waals surface area contributed by atoms with E-state index in [-0.39, 0.29) is 17.6 Å². The van der Waals surface area contributed by atoms with Gasteiger partial charge in [-0.05, 0) is 48.9 Å². The van der Waals surface area contributed by atoms with E-state index in [0.29, 0.717) is 15.9 Å². The molecule has 8 rings (SSSR count). The third-order valence-corrected chi connectivity index (χ3v) is 7.78. The van der Waals surface area contributed by atoms with Crippen LogP contribution in [0.1, 0.15) is 11.1 Å². The van der Waals surface area contributed by atoms with E-state index in [4.69, 9.17) is 16.0 Å². The molecule has 0 atom stereocenters. The first-order valence-electron chi connectivity index (χ1n) is 13.4. The largest absolute Gasteiger partial charge is 0.387 e. The summed E-state index contributed by atoms with van der Waals surface area (Å²) in [4.78, 5) is 25.4. The molecule has 8 nitrogen and oxygen atoms in total. The Bertz CT molecular complexity index is 2410. The summed E-state index contributed by atoms with van der Waals surface area (Å²) < 4.78 is 7.50. The van der Waals surface area contributed by atoms with E-state index in [1.165, 1.54) is 4.57 Å². The van der Waals surface area contributed by atoms with Crippen molar-refractivity contribution in [1.82, 2.24) is 24.7 Å². The summed E-state index contributed by atoms with van der Waals surface area (Å²) >= 11 is 6.35. The number of fused-ring (bicyclic) bond motifs is 6. The summed E-state index contributed by atoms with van der Waals surface area (Å²) in [5, 5.41) is 12.2. The second-order valence-electron chi connectivity index (χ2n) is 10.2. The number of aromatic amines is 2. The SMILES string of the molecule is Cc1ccc2[nH]c3c4ccccc4c(=O)n(-c4nnc(N=Cc5c(-c6ccccc6)[nH]c6ccc(Cl)cc56)o4)c3c2c1. The highest BCUT2D eigenvalue weighted by molar-refractivity contribution is 6.31. The van der Waals surface area contributed by atoms with Crippen molar-refractivity contribution < 1.29 is 4.42 Å². The van der Waals surface area contributed by atoms with Gasteiger partial charge in [0.1, 0.15) is 0 Å². The standard InChI is InChI=1S/C33H21ClN6O2/c1-18-11-13-27-24(15-18)30-29(37-27)21-9-5-6-10-22(21)31(41)40(30)33-39-38-32(42-33)35-17-25-23-16-20(34)12-14-26(23)36-28(25)19-7-3-2-4-8-19/h2-17,36-37H,1H3. The highest BCUT2D eigenvalue weighted by Crippen LogP contribution is 2.33. The first-order valence-corrected chi connectivity index (χ1v) is 13.7. The van der Waals surface area contributed by atoms with Crippen LogP contribution >= 0.6 is 11.6 Å². The molecule has 0 unspecified atom stereocenters. The van der Waals surface area contributed by atoms with Crippen LogP contribution in [-0.2, 0) is 0 Å². The molecule has 0 saturated carbocycles. The minimum atomic E-state index is -0.252. The second kappa shape index (κ2) is 9.29. The minimum Gasteiger partial charge on any atom is -0.387 e. The molecule has 0 aliphatic carbocycles. The Morgan fingerprint density at radius 2 is 1.60 bits per heavy atom. The van der Waals surface area contributed by atoms with Crippen molar-refractivity contribution in [2.75, 3.05) is 0 Å². The number of rotatable bonds is 4. The molecule has 0 aliphatic rings. The number of aryl methyl sites for hydroxylation is 1. The Morgan fingerprint density at radius 3 is 2.45 bits per heavy atom. The van der Waals surface area contributed by atoms with Gasteiger partial charge >= 0.3 is 12.0 Å². The second-order valence-corrected chi connectivity index (χ2v) is 10.6. The van der Waals surface area contributed by atoms with Gasteiger partial charge in [0.2, 0.25) is 0 Å². The van der Waals surface area contributed by atoms with Crippen molar-refractivity contribution in [2.45, 2.75) is 6.92 Å². The lowest BCUT2D eigenvalue weighted by Crippen LogP contribution is -2.19. The van der Waals surface area contributed by atoms with Crippen LogP contribution in [0, 0.1) is 6.92 Å². The molecule has 2 N–H and O–H groups in total. The summed E-state index contributed by atoms with van der Waals surface area (Å²) in [6, 6.07) is 29.3. The molecule has 9 heteroatoms. The van der Waals surface area contributed by atoms with Crippen LogP contribution in [-0.4, -0.2) is 30.9 Å². The molecule has 202 valence electrons. The molecule has 0 aliphatic heterocycles. The quantitative estimate of drug-likeness (QED) is 0.211. The fraction of sp³-hybridized carbons (Fsp3) is 0.0303. The Hall–Kier alpha value is -5.47. The molecule has 42 heavy (non-hydrogen) atoms. The van der Waals surface area contributed by atoms with E-state index >= 15 is 0 Å². The van der Waals surface area contributed by atoms with Gasteiger partial charge in [-0.3, -0.25) is 4.79 Å². The number of pyridine rings is 1. The predicted molar refractivity (Wildman–Crippen MR) is 167 cm³/mol. The molecule has 0 spiro atoms. The van der Waals surface area contributed by atoms with Crippen molar-refractivity contribution in [1.29, 1.82) is 0 Å². The van der Waals surface area contributed by atoms with Gasteiger partial charge in [0.25, 0.3) is 5.56 Å². The Balaban J connectivity index is 1.30. The molecule has 0 radical (unpaired) electrons. The fourth-order valence-corrected chi connectivity index (χ4v) is 5.80. The van der Waals surface area contributed by atoms with Crippen molar-refractivity contribution in [2.24, 2.45) is 4.99 Å². The van der Waals surface area contributed by atoms with Crippen LogP contribution < -0.4 is 5.56 Å². The zero-order chi connectivity index (χ0) is 28.4. The first kappa shape index (κ1) is 24.3. The lowest BCUT2D eigenvalue weighted by molar-refractivity contribution is 0.536. The van der Waals surface area contributed by atoms with E-state index in [0.717, 1.165) is 55.1 Å². The zero-order valence-corrected chi connectivity index (χ0v) is 23.0. The van der Waals surface area contributed by atoms with Gasteiger partial charge in [-0.1, -0.05) is 82.0 Å². The Kier molecular flexibility index (Phi) is 5.38. The molecule has 4 heterocycles. The third kappa shape index (κ3) is 3.77. The summed E-state index contributed by atoms with van der Waals surface area (Å²) in [5.41, 5.74) is 6.85. The summed E-state index contributed by atoms with van der Waals surface area (Å²) in [6.45, 7) is 2.02. The maximum atomic E-state index is 13.9. The van der Waals surface area contributed by atoms with Crippen molar-refractivity contribution in [3.8, 4) is 17.3 Å². The minimum absolute atomic E-state index is 0.0182. The van der Waals surface area contributed by atoms with E-state index in [1.54, 1.807) is 12.3 Å². The van der Waals surface area contributed by atoms with Crippen LogP contribution in [0.4, 0.5) is 6.01 Å². The molecule has 8 aromatic rings. The lowest BCUT2D eigenvalue weighted by Gasteiger charge is -2.07. The maximum Gasteiger partial charge on any atom is 0.343 e. The first-order chi connectivity index (χ1) is 20.5. The molecule has 0 saturated heterocycles. The number of H-pyrrole nitrogens is 2. The average molecular weight is 569 g/mol. The van der Waals surface area contributed by atoms with Crippen LogP contribution in [0.25, 0.3) is 60.9 Å². The van der Waals surface area contributed by atoms with E-state index in [1.807, 2.05) is 91.9 Å². The van der Waals surface area contributed by atoms with Gasteiger partial charge in [0.05, 0.1) is 16.7 Å². The molecular formula is C33H21ClN6O2. The van der Waals surface area contributed by atoms with E-state index in [2.05, 4.69) is 25.2 Å². The fourth-order valence-electron chi connectivity index (χ4n) is 5.63. The number of hydrogen-bond donors (Lipinski definition) is 2. The number of nitrogens with one attached hydrogen (secondary N) is 2. The van der Waals surface area contributed by atoms with Crippen LogP contribution in [0.15, 0.2) is 105 Å². The monoisotopic (exact) mass is 568 g/mol. The van der Waals surface area contributed by atoms with Crippen LogP contribution in [0.3, 0.4) is 0 Å². The number of halogens is 1. The molecular weight excluding hydrogens is 548 g/mol. The normalized spacial score (nSPS) is 12.0. The number of aliphatic imine (C=N–C) groups is 1.